The van der Waals surface area contributed by atoms with E-state index in [4.69, 9.17) is 0 Å². The number of hydrogen-bond donors (Lipinski definition) is 0. The average molecular weight is 583 g/mol. The first-order valence-corrected chi connectivity index (χ1v) is 18.2. The summed E-state index contributed by atoms with van der Waals surface area (Å²) in [5.41, 5.74) is 10.2. The molecular weight excluding hydrogens is 528 g/mol. The molecule has 5 unspecified atom stereocenters. The summed E-state index contributed by atoms with van der Waals surface area (Å²) >= 11 is 0. The van der Waals surface area contributed by atoms with Crippen LogP contribution in [0.4, 0.5) is 0 Å². The van der Waals surface area contributed by atoms with Crippen LogP contribution in [0.3, 0.4) is 0 Å². The molecule has 0 amide bonds. The summed E-state index contributed by atoms with van der Waals surface area (Å²) in [6, 6.07) is 15.3. The van der Waals surface area contributed by atoms with Gasteiger partial charge in [0.1, 0.15) is 0 Å². The van der Waals surface area contributed by atoms with E-state index in [9.17, 15) is 0 Å². The predicted molar refractivity (Wildman–Crippen MR) is 189 cm³/mol. The Labute approximate surface area is 267 Å². The van der Waals surface area contributed by atoms with Gasteiger partial charge in [0.25, 0.3) is 0 Å². The van der Waals surface area contributed by atoms with E-state index in [1.165, 1.54) is 92.9 Å². The molecular formula is C44H54. The highest BCUT2D eigenvalue weighted by atomic mass is 14.7. The molecule has 8 aliphatic rings. The Balaban J connectivity index is 1.28. The van der Waals surface area contributed by atoms with Crippen molar-refractivity contribution in [1.29, 1.82) is 0 Å². The van der Waals surface area contributed by atoms with Gasteiger partial charge in [0.2, 0.25) is 0 Å². The molecule has 0 saturated heterocycles. The molecule has 0 radical (unpaired) electrons. The second-order valence-corrected chi connectivity index (χ2v) is 16.6. The van der Waals surface area contributed by atoms with Crippen LogP contribution in [0.2, 0.25) is 0 Å². The minimum Gasteiger partial charge on any atom is -0.0871 e. The molecule has 8 bridgehead atoms. The van der Waals surface area contributed by atoms with Gasteiger partial charge >= 0.3 is 0 Å². The van der Waals surface area contributed by atoms with Crippen molar-refractivity contribution in [1.82, 2.24) is 0 Å². The van der Waals surface area contributed by atoms with E-state index < -0.39 is 0 Å². The summed E-state index contributed by atoms with van der Waals surface area (Å²) in [6.45, 7) is 8.69. The van der Waals surface area contributed by atoms with Crippen LogP contribution in [0, 0.1) is 40.9 Å². The van der Waals surface area contributed by atoms with Gasteiger partial charge in [0, 0.05) is 0 Å². The Morgan fingerprint density at radius 1 is 0.500 bits per heavy atom. The fourth-order valence-electron chi connectivity index (χ4n) is 13.7. The summed E-state index contributed by atoms with van der Waals surface area (Å²) in [4.78, 5) is 0. The lowest BCUT2D eigenvalue weighted by Crippen LogP contribution is -2.65. The molecule has 0 spiro atoms. The fourth-order valence-corrected chi connectivity index (χ4v) is 13.7. The number of allylic oxidation sites excluding steroid dienone is 4. The van der Waals surface area contributed by atoms with Gasteiger partial charge in [-0.2, -0.15) is 0 Å². The minimum absolute atomic E-state index is 0.358. The first-order chi connectivity index (χ1) is 21.4. The van der Waals surface area contributed by atoms with Gasteiger partial charge in [-0.3, -0.25) is 0 Å². The van der Waals surface area contributed by atoms with E-state index in [2.05, 4.69) is 113 Å². The third-order valence-corrected chi connectivity index (χ3v) is 13.7. The summed E-state index contributed by atoms with van der Waals surface area (Å²) < 4.78 is 0. The van der Waals surface area contributed by atoms with Crippen molar-refractivity contribution in [2.24, 2.45) is 40.9 Å². The molecule has 0 heterocycles. The van der Waals surface area contributed by atoms with Gasteiger partial charge in [-0.25, -0.2) is 0 Å². The van der Waals surface area contributed by atoms with Crippen LogP contribution in [-0.4, -0.2) is 0 Å². The first kappa shape index (κ1) is 28.8. The topological polar surface area (TPSA) is 0 Å². The monoisotopic (exact) mass is 582 g/mol. The molecule has 8 fully saturated rings. The van der Waals surface area contributed by atoms with Crippen LogP contribution >= 0.6 is 0 Å². The van der Waals surface area contributed by atoms with Crippen molar-refractivity contribution in [2.45, 2.75) is 109 Å². The van der Waals surface area contributed by atoms with Gasteiger partial charge in [0.05, 0.1) is 0 Å². The van der Waals surface area contributed by atoms with Crippen molar-refractivity contribution < 1.29 is 0 Å². The van der Waals surface area contributed by atoms with Crippen LogP contribution in [0.15, 0.2) is 60.7 Å². The highest BCUT2D eigenvalue weighted by Crippen LogP contribution is 2.76. The zero-order valence-electron chi connectivity index (χ0n) is 27.8. The molecule has 0 nitrogen and oxygen atoms in total. The second kappa shape index (κ2) is 10.7. The minimum atomic E-state index is 0.358. The smallest absolute Gasteiger partial charge is 0.000512 e. The molecule has 5 atom stereocenters. The van der Waals surface area contributed by atoms with E-state index in [1.807, 2.05) is 0 Å². The van der Waals surface area contributed by atoms with Crippen molar-refractivity contribution >= 4 is 24.3 Å². The van der Waals surface area contributed by atoms with Crippen LogP contribution in [0.25, 0.3) is 24.3 Å². The SMILES string of the molecule is C/C=C\c1cc(/C=C\C)cc(C23CC4CC(C2)CC(C2C5CC6CC(C5)CC2(c2cc(/C=C\C)cc(/C=C\C)c2)C6)(C4)C3)c1. The summed E-state index contributed by atoms with van der Waals surface area (Å²) in [6.07, 6.45) is 34.6. The average Bonchev–Trinajstić information content (AvgIpc) is 2.96. The van der Waals surface area contributed by atoms with Gasteiger partial charge < -0.3 is 0 Å². The first-order valence-electron chi connectivity index (χ1n) is 18.2. The van der Waals surface area contributed by atoms with Crippen LogP contribution in [0.5, 0.6) is 0 Å². The Bertz CT molecular complexity index is 1450. The number of hydrogen-bond acceptors (Lipinski definition) is 0. The molecule has 0 heteroatoms. The maximum Gasteiger partial charge on any atom is -0.000512 e. The normalized spacial score (nSPS) is 40.5. The zero-order chi connectivity index (χ0) is 30.1. The van der Waals surface area contributed by atoms with E-state index in [1.54, 1.807) is 11.1 Å². The molecule has 230 valence electrons. The standard InChI is InChI=1S/C44H54/c1-5-9-30-13-31(10-6-2)20-39(19-30)42-23-36-16-37(24-42)26-43(25-36,29-42)41-38-17-34-15-35(18-38)28-44(41,27-34)40-21-32(11-7-3)14-33(22-40)12-8-4/h5-14,19-22,34-38,41H,15-18,23-29H2,1-4H3/b9-5-,10-6-,11-7-,12-8-. The maximum absolute atomic E-state index is 2.65. The van der Waals surface area contributed by atoms with E-state index in [-0.39, 0.29) is 0 Å². The highest BCUT2D eigenvalue weighted by molar-refractivity contribution is 5.62. The van der Waals surface area contributed by atoms with Crippen LogP contribution in [0.1, 0.15) is 132 Å². The van der Waals surface area contributed by atoms with E-state index >= 15 is 0 Å². The van der Waals surface area contributed by atoms with Crippen LogP contribution in [-0.2, 0) is 10.8 Å². The molecule has 2 aromatic rings. The Morgan fingerprint density at radius 3 is 1.43 bits per heavy atom. The molecule has 8 saturated carbocycles. The van der Waals surface area contributed by atoms with Crippen molar-refractivity contribution in [3.8, 4) is 0 Å². The largest absolute Gasteiger partial charge is 0.0871 e. The second-order valence-electron chi connectivity index (χ2n) is 16.6. The van der Waals surface area contributed by atoms with Crippen molar-refractivity contribution in [3.05, 3.63) is 94.1 Å². The summed E-state index contributed by atoms with van der Waals surface area (Å²) in [5.74, 6) is 5.49. The molecule has 8 aliphatic carbocycles. The molecule has 10 rings (SSSR count). The Kier molecular flexibility index (Phi) is 7.04. The van der Waals surface area contributed by atoms with Gasteiger partial charge in [0.15, 0.2) is 0 Å². The highest BCUT2D eigenvalue weighted by Gasteiger charge is 2.68. The van der Waals surface area contributed by atoms with Crippen LogP contribution < -0.4 is 0 Å². The zero-order valence-corrected chi connectivity index (χ0v) is 27.8. The Hall–Kier alpha value is -2.60. The van der Waals surface area contributed by atoms with Crippen molar-refractivity contribution in [2.75, 3.05) is 0 Å². The van der Waals surface area contributed by atoms with E-state index in [0.717, 1.165) is 35.5 Å². The third-order valence-electron chi connectivity index (χ3n) is 13.7. The quantitative estimate of drug-likeness (QED) is 0.305. The third kappa shape index (κ3) is 4.52. The van der Waals surface area contributed by atoms with Gasteiger partial charge in [-0.15, -0.1) is 0 Å². The van der Waals surface area contributed by atoms with E-state index in [0.29, 0.717) is 16.2 Å². The van der Waals surface area contributed by atoms with Crippen molar-refractivity contribution in [3.63, 3.8) is 0 Å². The predicted octanol–water partition coefficient (Wildman–Crippen LogP) is 12.1. The molecule has 2 aromatic carbocycles. The van der Waals surface area contributed by atoms with Gasteiger partial charge in [-0.1, -0.05) is 72.9 Å². The molecule has 0 N–H and O–H groups in total. The lowest BCUT2D eigenvalue weighted by atomic mass is 9.32. The number of benzene rings is 2. The molecule has 44 heavy (non-hydrogen) atoms. The fraction of sp³-hybridized carbons (Fsp3) is 0.545. The maximum atomic E-state index is 2.65. The molecule has 0 aliphatic heterocycles. The summed E-state index contributed by atoms with van der Waals surface area (Å²) in [7, 11) is 0. The molecule has 0 aromatic heterocycles. The van der Waals surface area contributed by atoms with Gasteiger partial charge in [-0.05, 0) is 196 Å². The number of rotatable bonds is 7. The Morgan fingerprint density at radius 2 is 0.955 bits per heavy atom. The summed E-state index contributed by atoms with van der Waals surface area (Å²) in [5, 5.41) is 0. The lowest BCUT2D eigenvalue weighted by Gasteiger charge is -2.72. The lowest BCUT2D eigenvalue weighted by molar-refractivity contribution is -0.186.